The van der Waals surface area contributed by atoms with Crippen LogP contribution in [-0.4, -0.2) is 32.2 Å². The molecule has 3 fully saturated rings. The highest BCUT2D eigenvalue weighted by atomic mass is 16.5. The van der Waals surface area contributed by atoms with Crippen molar-refractivity contribution in [1.82, 2.24) is 5.32 Å². The number of nitrogens with one attached hydrogen (secondary N) is 2. The maximum atomic E-state index is 12.4. The minimum absolute atomic E-state index is 0.242. The fourth-order valence-electron chi connectivity index (χ4n) is 5.14. The number of carbonyl (C=O) groups is 1. The Hall–Kier alpha value is -1.39. The number of quaternary nitrogens is 1. The van der Waals surface area contributed by atoms with Crippen LogP contribution in [0.3, 0.4) is 0 Å². The van der Waals surface area contributed by atoms with Crippen molar-refractivity contribution in [2.75, 3.05) is 26.3 Å². The lowest BCUT2D eigenvalue weighted by atomic mass is 9.86. The number of hydrogen-bond donors (Lipinski definition) is 2. The van der Waals surface area contributed by atoms with E-state index in [9.17, 15) is 4.79 Å². The summed E-state index contributed by atoms with van der Waals surface area (Å²) < 4.78 is 5.45. The molecular formula is C21H31N2O2+. The predicted octanol–water partition coefficient (Wildman–Crippen LogP) is 1.54. The van der Waals surface area contributed by atoms with Gasteiger partial charge < -0.3 is 15.0 Å². The first-order valence-corrected chi connectivity index (χ1v) is 10.0. The van der Waals surface area contributed by atoms with Crippen LogP contribution in [0.15, 0.2) is 24.3 Å². The number of fused-ring (bicyclic) bond motifs is 2. The van der Waals surface area contributed by atoms with Crippen LogP contribution in [0.5, 0.6) is 0 Å². The number of ether oxygens (including phenoxy) is 1. The number of carbonyl (C=O) groups excluding carboxylic acids is 1. The van der Waals surface area contributed by atoms with Gasteiger partial charge in [0, 0.05) is 18.5 Å². The third-order valence-corrected chi connectivity index (χ3v) is 6.57. The van der Waals surface area contributed by atoms with Crippen molar-refractivity contribution in [2.45, 2.75) is 45.2 Å². The molecule has 2 saturated carbocycles. The Labute approximate surface area is 150 Å². The molecule has 1 aliphatic heterocycles. The lowest BCUT2D eigenvalue weighted by Crippen LogP contribution is -3.12. The molecule has 0 aromatic heterocycles. The highest BCUT2D eigenvalue weighted by Gasteiger charge is 2.40. The van der Waals surface area contributed by atoms with Crippen molar-refractivity contribution in [2.24, 2.45) is 17.8 Å². The van der Waals surface area contributed by atoms with Crippen molar-refractivity contribution < 1.29 is 14.4 Å². The number of rotatable bonds is 6. The van der Waals surface area contributed by atoms with Gasteiger partial charge in [-0.3, -0.25) is 4.79 Å². The first-order chi connectivity index (χ1) is 12.3. The quantitative estimate of drug-likeness (QED) is 0.823. The molecule has 1 amide bonds. The second-order valence-corrected chi connectivity index (χ2v) is 8.22. The summed E-state index contributed by atoms with van der Waals surface area (Å²) in [6.45, 7) is 5.56. The molecule has 2 aliphatic carbocycles. The molecule has 1 aromatic rings. The Morgan fingerprint density at radius 3 is 2.64 bits per heavy atom. The molecule has 25 heavy (non-hydrogen) atoms. The zero-order valence-electron chi connectivity index (χ0n) is 15.1. The van der Waals surface area contributed by atoms with Gasteiger partial charge in [-0.2, -0.15) is 0 Å². The monoisotopic (exact) mass is 343 g/mol. The molecule has 4 nitrogen and oxygen atoms in total. The van der Waals surface area contributed by atoms with E-state index in [1.54, 1.807) is 4.90 Å². The molecule has 0 radical (unpaired) electrons. The average molecular weight is 343 g/mol. The van der Waals surface area contributed by atoms with Gasteiger partial charge in [-0.25, -0.2) is 0 Å². The van der Waals surface area contributed by atoms with Crippen LogP contribution in [0.25, 0.3) is 0 Å². The molecule has 1 saturated heterocycles. The zero-order chi connectivity index (χ0) is 17.1. The fourth-order valence-corrected chi connectivity index (χ4v) is 5.14. The van der Waals surface area contributed by atoms with Crippen LogP contribution in [-0.2, 0) is 22.6 Å². The molecule has 4 rings (SSSR count). The van der Waals surface area contributed by atoms with E-state index in [2.05, 4.69) is 29.6 Å². The van der Waals surface area contributed by atoms with Crippen molar-refractivity contribution >= 4 is 5.91 Å². The first-order valence-electron chi connectivity index (χ1n) is 10.0. The van der Waals surface area contributed by atoms with Gasteiger partial charge in [0.1, 0.15) is 19.6 Å². The van der Waals surface area contributed by atoms with E-state index in [1.165, 1.54) is 36.8 Å². The SMILES string of the molecule is O=C(C[C@H]1C[C@H]2CC[C@@H]1C2)NCc1ccccc1C[NH+]1CCOCC1. The third-order valence-electron chi connectivity index (χ3n) is 6.57. The van der Waals surface area contributed by atoms with Gasteiger partial charge in [-0.05, 0) is 42.6 Å². The number of amides is 1. The summed E-state index contributed by atoms with van der Waals surface area (Å²) in [4.78, 5) is 14.0. The van der Waals surface area contributed by atoms with Crippen LogP contribution >= 0.6 is 0 Å². The molecule has 2 bridgehead atoms. The Kier molecular flexibility index (Phi) is 5.37. The van der Waals surface area contributed by atoms with Crippen molar-refractivity contribution in [3.05, 3.63) is 35.4 Å². The third kappa shape index (κ3) is 4.24. The fraction of sp³-hybridized carbons (Fsp3) is 0.667. The number of hydrogen-bond acceptors (Lipinski definition) is 2. The number of benzene rings is 1. The molecule has 1 aromatic carbocycles. The summed E-state index contributed by atoms with van der Waals surface area (Å²) >= 11 is 0. The largest absolute Gasteiger partial charge is 0.370 e. The second kappa shape index (κ2) is 7.88. The lowest BCUT2D eigenvalue weighted by Gasteiger charge is -2.25. The Balaban J connectivity index is 1.29. The second-order valence-electron chi connectivity index (χ2n) is 8.22. The van der Waals surface area contributed by atoms with E-state index in [-0.39, 0.29) is 5.91 Å². The van der Waals surface area contributed by atoms with Crippen molar-refractivity contribution in [1.29, 1.82) is 0 Å². The summed E-state index contributed by atoms with van der Waals surface area (Å²) in [5.41, 5.74) is 2.63. The summed E-state index contributed by atoms with van der Waals surface area (Å²) in [7, 11) is 0. The maximum absolute atomic E-state index is 12.4. The Bertz CT molecular complexity index is 597. The van der Waals surface area contributed by atoms with Gasteiger partial charge in [0.15, 0.2) is 0 Å². The molecule has 3 aliphatic rings. The van der Waals surface area contributed by atoms with Crippen molar-refractivity contribution in [3.63, 3.8) is 0 Å². The van der Waals surface area contributed by atoms with Gasteiger partial charge in [-0.1, -0.05) is 30.7 Å². The summed E-state index contributed by atoms with van der Waals surface area (Å²) in [6.07, 6.45) is 6.16. The maximum Gasteiger partial charge on any atom is 0.220 e. The average Bonchev–Trinajstić information content (AvgIpc) is 3.25. The predicted molar refractivity (Wildman–Crippen MR) is 97.1 cm³/mol. The minimum atomic E-state index is 0.242. The van der Waals surface area contributed by atoms with E-state index < -0.39 is 0 Å². The van der Waals surface area contributed by atoms with Gasteiger partial charge in [0.05, 0.1) is 13.2 Å². The lowest BCUT2D eigenvalue weighted by molar-refractivity contribution is -0.921. The van der Waals surface area contributed by atoms with Gasteiger partial charge >= 0.3 is 0 Å². The highest BCUT2D eigenvalue weighted by Crippen LogP contribution is 2.49. The Morgan fingerprint density at radius 1 is 1.12 bits per heavy atom. The molecule has 0 spiro atoms. The highest BCUT2D eigenvalue weighted by molar-refractivity contribution is 5.76. The Morgan fingerprint density at radius 2 is 1.92 bits per heavy atom. The van der Waals surface area contributed by atoms with Gasteiger partial charge in [-0.15, -0.1) is 0 Å². The van der Waals surface area contributed by atoms with E-state index in [4.69, 9.17) is 4.74 Å². The van der Waals surface area contributed by atoms with Crippen LogP contribution < -0.4 is 10.2 Å². The standard InChI is InChI=1S/C21H30N2O2/c24-21(13-20-12-16-5-6-17(20)11-16)22-14-18-3-1-2-4-19(18)15-23-7-9-25-10-8-23/h1-4,16-17,20H,5-15H2,(H,22,24)/p+1/t16-,17+,20+/m0/s1. The van der Waals surface area contributed by atoms with E-state index in [0.717, 1.165) is 51.1 Å². The van der Waals surface area contributed by atoms with Gasteiger partial charge in [0.25, 0.3) is 0 Å². The van der Waals surface area contributed by atoms with Crippen LogP contribution in [0.4, 0.5) is 0 Å². The van der Waals surface area contributed by atoms with Crippen LogP contribution in [0.1, 0.15) is 43.2 Å². The normalized spacial score (nSPS) is 29.0. The molecule has 4 heteroatoms. The molecule has 3 atom stereocenters. The minimum Gasteiger partial charge on any atom is -0.370 e. The van der Waals surface area contributed by atoms with Crippen LogP contribution in [0, 0.1) is 17.8 Å². The molecular weight excluding hydrogens is 312 g/mol. The van der Waals surface area contributed by atoms with Crippen LogP contribution in [0.2, 0.25) is 0 Å². The summed E-state index contributed by atoms with van der Waals surface area (Å²) in [5, 5.41) is 3.19. The topological polar surface area (TPSA) is 42.8 Å². The zero-order valence-corrected chi connectivity index (χ0v) is 15.1. The van der Waals surface area contributed by atoms with E-state index in [1.807, 2.05) is 0 Å². The molecule has 0 unspecified atom stereocenters. The molecule has 2 N–H and O–H groups in total. The summed E-state index contributed by atoms with van der Waals surface area (Å²) in [6, 6.07) is 8.55. The van der Waals surface area contributed by atoms with E-state index in [0.29, 0.717) is 12.5 Å². The molecule has 1 heterocycles. The number of morpholine rings is 1. The summed E-state index contributed by atoms with van der Waals surface area (Å²) in [5.74, 6) is 2.63. The van der Waals surface area contributed by atoms with Crippen molar-refractivity contribution in [3.8, 4) is 0 Å². The van der Waals surface area contributed by atoms with E-state index >= 15 is 0 Å². The first kappa shape index (κ1) is 17.0. The smallest absolute Gasteiger partial charge is 0.220 e. The molecule has 136 valence electrons. The van der Waals surface area contributed by atoms with Gasteiger partial charge in [0.2, 0.25) is 5.91 Å².